The Morgan fingerprint density at radius 2 is 2.19 bits per heavy atom. The fourth-order valence-corrected chi connectivity index (χ4v) is 4.84. The van der Waals surface area contributed by atoms with Gasteiger partial charge in [-0.3, -0.25) is 19.8 Å². The number of carboxylic acid groups (broad SMARTS) is 1. The van der Waals surface area contributed by atoms with E-state index >= 15 is 0 Å². The molecular formula is C20H18N2O7S3. The maximum absolute atomic E-state index is 12.9. The molecule has 3 rings (SSSR count). The van der Waals surface area contributed by atoms with Crippen molar-refractivity contribution in [3.63, 3.8) is 0 Å². The number of nitrogens with zero attached hydrogens (tertiary/aromatic N) is 2. The van der Waals surface area contributed by atoms with Crippen molar-refractivity contribution in [2.75, 3.05) is 19.1 Å². The molecule has 1 aromatic carbocycles. The largest absolute Gasteiger partial charge is 0.497 e. The molecule has 0 spiro atoms. The average Bonchev–Trinajstić information content (AvgIpc) is 3.33. The molecule has 168 valence electrons. The number of nitro benzene ring substituents is 1. The highest BCUT2D eigenvalue weighted by atomic mass is 32.2. The number of carbonyl (C=O) groups excluding carboxylic acids is 1. The van der Waals surface area contributed by atoms with E-state index in [1.807, 2.05) is 6.26 Å². The Hall–Kier alpha value is -2.83. The zero-order chi connectivity index (χ0) is 23.4. The minimum atomic E-state index is -1.12. The van der Waals surface area contributed by atoms with Crippen LogP contribution in [0.25, 0.3) is 17.4 Å². The summed E-state index contributed by atoms with van der Waals surface area (Å²) in [7, 11) is 1.41. The van der Waals surface area contributed by atoms with E-state index in [0.29, 0.717) is 11.5 Å². The molecule has 9 nitrogen and oxygen atoms in total. The SMILES string of the molecule is COc1ccc(-c2ccc(/C=C3/SC(=S)N([C@H](CCSC)C(=O)O)C3=O)o2)c([N+](=O)[O-])c1. The molecule has 32 heavy (non-hydrogen) atoms. The number of amides is 1. The number of hydrogen-bond donors (Lipinski definition) is 1. The third-order valence-electron chi connectivity index (χ3n) is 4.58. The van der Waals surface area contributed by atoms with Crippen LogP contribution < -0.4 is 4.74 Å². The molecule has 1 aromatic heterocycles. The lowest BCUT2D eigenvalue weighted by molar-refractivity contribution is -0.384. The molecule has 2 aromatic rings. The Kier molecular flexibility index (Phi) is 7.59. The van der Waals surface area contributed by atoms with Gasteiger partial charge in [0.25, 0.3) is 11.6 Å². The van der Waals surface area contributed by atoms with Crippen LogP contribution in [-0.4, -0.2) is 56.3 Å². The van der Waals surface area contributed by atoms with Gasteiger partial charge >= 0.3 is 5.97 Å². The Bertz CT molecular complexity index is 1110. The second-order valence-corrected chi connectivity index (χ2v) is 9.19. The number of ether oxygens (including phenoxy) is 1. The first kappa shape index (κ1) is 23.8. The van der Waals surface area contributed by atoms with E-state index in [2.05, 4.69) is 0 Å². The molecular weight excluding hydrogens is 476 g/mol. The molecule has 1 saturated heterocycles. The second-order valence-electron chi connectivity index (χ2n) is 6.53. The third kappa shape index (κ3) is 4.97. The number of benzene rings is 1. The van der Waals surface area contributed by atoms with E-state index < -0.39 is 22.8 Å². The molecule has 2 heterocycles. The van der Waals surface area contributed by atoms with Crippen molar-refractivity contribution in [2.45, 2.75) is 12.5 Å². The maximum atomic E-state index is 12.9. The van der Waals surface area contributed by atoms with Crippen LogP contribution in [0.4, 0.5) is 5.69 Å². The summed E-state index contributed by atoms with van der Waals surface area (Å²) in [6, 6.07) is 6.47. The third-order valence-corrected chi connectivity index (χ3v) is 6.56. The zero-order valence-corrected chi connectivity index (χ0v) is 19.4. The van der Waals surface area contributed by atoms with Gasteiger partial charge in [-0.05, 0) is 42.7 Å². The number of thioether (sulfide) groups is 2. The Balaban J connectivity index is 1.89. The lowest BCUT2D eigenvalue weighted by atomic mass is 10.1. The smallest absolute Gasteiger partial charge is 0.326 e. The van der Waals surface area contributed by atoms with Crippen LogP contribution in [0.1, 0.15) is 12.2 Å². The second kappa shape index (κ2) is 10.2. The number of rotatable bonds is 9. The number of furan rings is 1. The van der Waals surface area contributed by atoms with Gasteiger partial charge in [-0.1, -0.05) is 24.0 Å². The number of thiocarbonyl (C=S) groups is 1. The number of carboxylic acids is 1. The van der Waals surface area contributed by atoms with Crippen LogP contribution in [0.15, 0.2) is 39.7 Å². The van der Waals surface area contributed by atoms with E-state index in [0.717, 1.165) is 16.7 Å². The summed E-state index contributed by atoms with van der Waals surface area (Å²) in [5.41, 5.74) is 0.0701. The highest BCUT2D eigenvalue weighted by Crippen LogP contribution is 2.37. The molecule has 0 radical (unpaired) electrons. The van der Waals surface area contributed by atoms with Gasteiger partial charge in [0, 0.05) is 6.08 Å². The molecule has 0 unspecified atom stereocenters. The van der Waals surface area contributed by atoms with E-state index in [1.165, 1.54) is 37.1 Å². The summed E-state index contributed by atoms with van der Waals surface area (Å²) in [5.74, 6) is -0.211. The Morgan fingerprint density at radius 1 is 1.44 bits per heavy atom. The molecule has 0 saturated carbocycles. The molecule has 0 bridgehead atoms. The van der Waals surface area contributed by atoms with Gasteiger partial charge in [0.05, 0.1) is 28.6 Å². The predicted molar refractivity (Wildman–Crippen MR) is 127 cm³/mol. The maximum Gasteiger partial charge on any atom is 0.326 e. The lowest BCUT2D eigenvalue weighted by Crippen LogP contribution is -2.44. The van der Waals surface area contributed by atoms with Gasteiger partial charge in [0.2, 0.25) is 0 Å². The quantitative estimate of drug-likeness (QED) is 0.234. The van der Waals surface area contributed by atoms with Crippen LogP contribution in [0.3, 0.4) is 0 Å². The highest BCUT2D eigenvalue weighted by Gasteiger charge is 2.40. The minimum absolute atomic E-state index is 0.160. The van der Waals surface area contributed by atoms with Crippen molar-refractivity contribution >= 4 is 63.7 Å². The van der Waals surface area contributed by atoms with E-state index in [1.54, 1.807) is 18.2 Å². The summed E-state index contributed by atoms with van der Waals surface area (Å²) in [4.78, 5) is 36.8. The normalized spacial score (nSPS) is 15.9. The van der Waals surface area contributed by atoms with Crippen LogP contribution in [0.5, 0.6) is 5.75 Å². The van der Waals surface area contributed by atoms with Crippen LogP contribution in [-0.2, 0) is 9.59 Å². The Labute approximate surface area is 196 Å². The number of aliphatic carboxylic acids is 1. The van der Waals surface area contributed by atoms with Crippen molar-refractivity contribution in [1.82, 2.24) is 4.90 Å². The summed E-state index contributed by atoms with van der Waals surface area (Å²) in [6.07, 6.45) is 3.57. The summed E-state index contributed by atoms with van der Waals surface area (Å²) in [5, 5.41) is 21.0. The number of hydrogen-bond acceptors (Lipinski definition) is 9. The van der Waals surface area contributed by atoms with Gasteiger partial charge in [0.1, 0.15) is 27.6 Å². The summed E-state index contributed by atoms with van der Waals surface area (Å²) >= 11 is 7.72. The average molecular weight is 495 g/mol. The first-order chi connectivity index (χ1) is 15.3. The monoisotopic (exact) mass is 494 g/mol. The van der Waals surface area contributed by atoms with Gasteiger partial charge < -0.3 is 14.3 Å². The molecule has 1 amide bonds. The molecule has 12 heteroatoms. The van der Waals surface area contributed by atoms with E-state index in [9.17, 15) is 24.8 Å². The standard InChI is InChI=1S/C20H18N2O7S3/c1-28-11-3-5-13(15(9-11)22(26)27)16-6-4-12(29-16)10-17-18(23)21(20(30)32-17)14(19(24)25)7-8-31-2/h3-6,9-10,14H,7-8H2,1-2H3,(H,24,25)/b17-10+/t14-/m1/s1. The van der Waals surface area contributed by atoms with E-state index in [4.69, 9.17) is 21.4 Å². The van der Waals surface area contributed by atoms with Gasteiger partial charge in [0.15, 0.2) is 0 Å². The molecule has 1 aliphatic heterocycles. The van der Waals surface area contributed by atoms with Crippen LogP contribution >= 0.6 is 35.7 Å². The van der Waals surface area contributed by atoms with Gasteiger partial charge in [-0.15, -0.1) is 0 Å². The lowest BCUT2D eigenvalue weighted by Gasteiger charge is -2.22. The van der Waals surface area contributed by atoms with Gasteiger partial charge in [-0.2, -0.15) is 11.8 Å². The predicted octanol–water partition coefficient (Wildman–Crippen LogP) is 4.27. The highest BCUT2D eigenvalue weighted by molar-refractivity contribution is 8.26. The van der Waals surface area contributed by atoms with Crippen molar-refractivity contribution in [1.29, 1.82) is 0 Å². The molecule has 1 atom stereocenters. The fourth-order valence-electron chi connectivity index (χ4n) is 3.04. The van der Waals surface area contributed by atoms with Gasteiger partial charge in [-0.25, -0.2) is 4.79 Å². The Morgan fingerprint density at radius 3 is 2.81 bits per heavy atom. The zero-order valence-electron chi connectivity index (χ0n) is 17.0. The van der Waals surface area contributed by atoms with Crippen molar-refractivity contribution in [3.8, 4) is 17.1 Å². The van der Waals surface area contributed by atoms with Crippen LogP contribution in [0, 0.1) is 10.1 Å². The van der Waals surface area contributed by atoms with Crippen LogP contribution in [0.2, 0.25) is 0 Å². The fraction of sp³-hybridized carbons (Fsp3) is 0.250. The molecule has 0 aliphatic carbocycles. The molecule has 1 fully saturated rings. The van der Waals surface area contributed by atoms with Crippen molar-refractivity contribution < 1.29 is 28.8 Å². The summed E-state index contributed by atoms with van der Waals surface area (Å²) < 4.78 is 10.9. The molecule has 1 aliphatic rings. The first-order valence-corrected chi connectivity index (χ1v) is 11.8. The number of nitro groups is 1. The van der Waals surface area contributed by atoms with Crippen molar-refractivity contribution in [3.05, 3.63) is 51.1 Å². The topological polar surface area (TPSA) is 123 Å². The summed E-state index contributed by atoms with van der Waals surface area (Å²) in [6.45, 7) is 0. The first-order valence-electron chi connectivity index (χ1n) is 9.18. The number of carbonyl (C=O) groups is 2. The molecule has 1 N–H and O–H groups in total. The van der Waals surface area contributed by atoms with Crippen molar-refractivity contribution in [2.24, 2.45) is 0 Å². The number of methoxy groups -OCH3 is 1. The van der Waals surface area contributed by atoms with E-state index in [-0.39, 0.29) is 38.4 Å². The minimum Gasteiger partial charge on any atom is -0.497 e.